The highest BCUT2D eigenvalue weighted by Crippen LogP contribution is 2.18. The maximum atomic E-state index is 5.24. The van der Waals surface area contributed by atoms with Gasteiger partial charge in [-0.2, -0.15) is 0 Å². The Morgan fingerprint density at radius 2 is 1.95 bits per heavy atom. The molecule has 108 valence electrons. The van der Waals surface area contributed by atoms with E-state index in [-0.39, 0.29) is 0 Å². The lowest BCUT2D eigenvalue weighted by Crippen LogP contribution is -2.03. The lowest BCUT2D eigenvalue weighted by atomic mass is 10.1. The minimum atomic E-state index is 0.636. The minimum absolute atomic E-state index is 0.636. The van der Waals surface area contributed by atoms with E-state index in [1.807, 2.05) is 19.1 Å². The van der Waals surface area contributed by atoms with E-state index < -0.39 is 0 Å². The van der Waals surface area contributed by atoms with Gasteiger partial charge in [0.05, 0.1) is 17.6 Å². The summed E-state index contributed by atoms with van der Waals surface area (Å²) in [6.07, 6.45) is 0. The van der Waals surface area contributed by atoms with Gasteiger partial charge in [0.1, 0.15) is 5.82 Å². The first-order valence-corrected chi connectivity index (χ1v) is 7.02. The zero-order chi connectivity index (χ0) is 14.7. The van der Waals surface area contributed by atoms with Crippen LogP contribution in [0.4, 0.5) is 5.69 Å². The normalized spacial score (nSPS) is 11.0. The summed E-state index contributed by atoms with van der Waals surface area (Å²) in [5.74, 6) is 0.938. The number of nitrogens with zero attached hydrogens (tertiary/aromatic N) is 1. The summed E-state index contributed by atoms with van der Waals surface area (Å²) >= 11 is 0. The zero-order valence-corrected chi connectivity index (χ0v) is 12.3. The second-order valence-corrected chi connectivity index (χ2v) is 5.11. The number of hydrogen-bond acceptors (Lipinski definition) is 3. The molecule has 3 rings (SSSR count). The van der Waals surface area contributed by atoms with Crippen molar-refractivity contribution in [3.05, 3.63) is 59.4 Å². The third-order valence-electron chi connectivity index (χ3n) is 3.50. The summed E-state index contributed by atoms with van der Waals surface area (Å²) in [4.78, 5) is 7.67. The molecule has 1 aromatic heterocycles. The predicted octanol–water partition coefficient (Wildman–Crippen LogP) is 3.63. The molecule has 0 bridgehead atoms. The molecule has 2 N–H and O–H groups in total. The van der Waals surface area contributed by atoms with Gasteiger partial charge in [0.25, 0.3) is 0 Å². The van der Waals surface area contributed by atoms with Gasteiger partial charge in [-0.05, 0) is 36.2 Å². The molecule has 21 heavy (non-hydrogen) atoms. The van der Waals surface area contributed by atoms with Crippen LogP contribution >= 0.6 is 0 Å². The van der Waals surface area contributed by atoms with Crippen LogP contribution < -0.4 is 5.32 Å². The van der Waals surface area contributed by atoms with Crippen LogP contribution in [0.3, 0.4) is 0 Å². The predicted molar refractivity (Wildman–Crippen MR) is 85.3 cm³/mol. The van der Waals surface area contributed by atoms with Crippen LogP contribution in [-0.2, 0) is 17.9 Å². The Balaban J connectivity index is 1.76. The third-order valence-corrected chi connectivity index (χ3v) is 3.50. The molecule has 0 amide bonds. The van der Waals surface area contributed by atoms with Gasteiger partial charge >= 0.3 is 0 Å². The zero-order valence-electron chi connectivity index (χ0n) is 12.3. The molecule has 3 aromatic rings. The maximum absolute atomic E-state index is 5.24. The minimum Gasteiger partial charge on any atom is -0.381 e. The van der Waals surface area contributed by atoms with E-state index in [1.54, 1.807) is 7.11 Å². The van der Waals surface area contributed by atoms with Crippen molar-refractivity contribution < 1.29 is 4.74 Å². The van der Waals surface area contributed by atoms with Crippen LogP contribution in [0, 0.1) is 6.92 Å². The number of imidazole rings is 1. The number of fused-ring (bicyclic) bond motifs is 1. The average Bonchev–Trinajstić information content (AvgIpc) is 2.86. The molecule has 0 saturated heterocycles. The molecule has 0 fully saturated rings. The van der Waals surface area contributed by atoms with Crippen LogP contribution in [0.5, 0.6) is 0 Å². The molecule has 0 radical (unpaired) electrons. The number of anilines is 1. The molecule has 4 heteroatoms. The first-order chi connectivity index (χ1) is 10.3. The van der Waals surface area contributed by atoms with Gasteiger partial charge < -0.3 is 15.0 Å². The van der Waals surface area contributed by atoms with Crippen LogP contribution in [-0.4, -0.2) is 17.1 Å². The first kappa shape index (κ1) is 13.6. The lowest BCUT2D eigenvalue weighted by Gasteiger charge is -2.11. The van der Waals surface area contributed by atoms with Crippen molar-refractivity contribution in [3.63, 3.8) is 0 Å². The van der Waals surface area contributed by atoms with Crippen molar-refractivity contribution in [1.82, 2.24) is 9.97 Å². The van der Waals surface area contributed by atoms with Crippen molar-refractivity contribution in [2.45, 2.75) is 20.1 Å². The molecule has 0 unspecified atom stereocenters. The van der Waals surface area contributed by atoms with E-state index in [1.165, 1.54) is 11.1 Å². The van der Waals surface area contributed by atoms with E-state index in [2.05, 4.69) is 45.6 Å². The number of aromatic amines is 1. The standard InChI is InChI=1S/C17H19N3O/c1-12-19-16-8-7-15(9-17(16)20-12)18-10-13-5-3-4-6-14(13)11-21-2/h3-9,18H,10-11H2,1-2H3,(H,19,20). The van der Waals surface area contributed by atoms with Crippen molar-refractivity contribution >= 4 is 16.7 Å². The van der Waals surface area contributed by atoms with Crippen LogP contribution in [0.1, 0.15) is 17.0 Å². The molecule has 0 aliphatic carbocycles. The van der Waals surface area contributed by atoms with E-state index in [0.717, 1.165) is 29.1 Å². The Bertz CT molecular complexity index is 749. The van der Waals surface area contributed by atoms with Crippen LogP contribution in [0.15, 0.2) is 42.5 Å². The van der Waals surface area contributed by atoms with Gasteiger partial charge in [-0.15, -0.1) is 0 Å². The van der Waals surface area contributed by atoms with Crippen molar-refractivity contribution in [1.29, 1.82) is 0 Å². The molecule has 0 saturated carbocycles. The number of H-pyrrole nitrogens is 1. The number of rotatable bonds is 5. The highest BCUT2D eigenvalue weighted by atomic mass is 16.5. The number of aryl methyl sites for hydroxylation is 1. The van der Waals surface area contributed by atoms with Gasteiger partial charge in [0, 0.05) is 19.3 Å². The van der Waals surface area contributed by atoms with Crippen molar-refractivity contribution in [3.8, 4) is 0 Å². The number of aromatic nitrogens is 2. The molecule has 4 nitrogen and oxygen atoms in total. The molecular weight excluding hydrogens is 262 g/mol. The summed E-state index contributed by atoms with van der Waals surface area (Å²) in [6, 6.07) is 14.5. The highest BCUT2D eigenvalue weighted by Gasteiger charge is 2.03. The number of benzene rings is 2. The summed E-state index contributed by atoms with van der Waals surface area (Å²) in [6.45, 7) is 3.38. The number of ether oxygens (including phenoxy) is 1. The second-order valence-electron chi connectivity index (χ2n) is 5.11. The Labute approximate surface area is 124 Å². The van der Waals surface area contributed by atoms with Gasteiger partial charge in [-0.1, -0.05) is 24.3 Å². The number of nitrogens with one attached hydrogen (secondary N) is 2. The summed E-state index contributed by atoms with van der Waals surface area (Å²) in [7, 11) is 1.72. The SMILES string of the molecule is COCc1ccccc1CNc1ccc2nc(C)[nH]c2c1. The summed E-state index contributed by atoms with van der Waals surface area (Å²) < 4.78 is 5.24. The van der Waals surface area contributed by atoms with E-state index in [0.29, 0.717) is 6.61 Å². The van der Waals surface area contributed by atoms with Gasteiger partial charge in [0.15, 0.2) is 0 Å². The van der Waals surface area contributed by atoms with Gasteiger partial charge in [-0.25, -0.2) is 4.98 Å². The van der Waals surface area contributed by atoms with Crippen LogP contribution in [0.25, 0.3) is 11.0 Å². The molecule has 0 atom stereocenters. The maximum Gasteiger partial charge on any atom is 0.104 e. The summed E-state index contributed by atoms with van der Waals surface area (Å²) in [5, 5.41) is 3.46. The van der Waals surface area contributed by atoms with E-state index in [9.17, 15) is 0 Å². The first-order valence-electron chi connectivity index (χ1n) is 7.02. The smallest absolute Gasteiger partial charge is 0.104 e. The fourth-order valence-electron chi connectivity index (χ4n) is 2.47. The molecule has 1 heterocycles. The molecule has 0 aliphatic heterocycles. The summed E-state index contributed by atoms with van der Waals surface area (Å²) in [5.41, 5.74) is 5.60. The third kappa shape index (κ3) is 3.06. The average molecular weight is 281 g/mol. The molecular formula is C17H19N3O. The molecule has 0 spiro atoms. The number of hydrogen-bond donors (Lipinski definition) is 2. The van der Waals surface area contributed by atoms with Crippen LogP contribution in [0.2, 0.25) is 0 Å². The Morgan fingerprint density at radius 3 is 2.76 bits per heavy atom. The number of methoxy groups -OCH3 is 1. The molecule has 2 aromatic carbocycles. The lowest BCUT2D eigenvalue weighted by molar-refractivity contribution is 0.184. The topological polar surface area (TPSA) is 49.9 Å². The van der Waals surface area contributed by atoms with E-state index >= 15 is 0 Å². The van der Waals surface area contributed by atoms with E-state index in [4.69, 9.17) is 4.74 Å². The van der Waals surface area contributed by atoms with Crippen molar-refractivity contribution in [2.24, 2.45) is 0 Å². The van der Waals surface area contributed by atoms with Gasteiger partial charge in [-0.3, -0.25) is 0 Å². The quantitative estimate of drug-likeness (QED) is 0.751. The largest absolute Gasteiger partial charge is 0.381 e. The fraction of sp³-hybridized carbons (Fsp3) is 0.235. The second kappa shape index (κ2) is 5.97. The van der Waals surface area contributed by atoms with Crippen molar-refractivity contribution in [2.75, 3.05) is 12.4 Å². The molecule has 0 aliphatic rings. The Hall–Kier alpha value is -2.33. The Kier molecular flexibility index (Phi) is 3.88. The monoisotopic (exact) mass is 281 g/mol. The van der Waals surface area contributed by atoms with Gasteiger partial charge in [0.2, 0.25) is 0 Å². The highest BCUT2D eigenvalue weighted by molar-refractivity contribution is 5.79. The fourth-order valence-corrected chi connectivity index (χ4v) is 2.47. The Morgan fingerprint density at radius 1 is 1.14 bits per heavy atom.